The Hall–Kier alpha value is -3.60. The minimum atomic E-state index is -4.59. The van der Waals surface area contributed by atoms with Crippen molar-refractivity contribution in [1.82, 2.24) is 0 Å². The highest BCUT2D eigenvalue weighted by atomic mass is 19.3. The average Bonchev–Trinajstić information content (AvgIpc) is 3.15. The molecular formula is C43H60F6O12. The molecule has 0 spiro atoms. The van der Waals surface area contributed by atoms with Gasteiger partial charge in [-0.2, -0.15) is 26.3 Å². The molecule has 1 unspecified atom stereocenters. The van der Waals surface area contributed by atoms with Crippen LogP contribution in [0, 0.1) is 52.3 Å². The van der Waals surface area contributed by atoms with Gasteiger partial charge < -0.3 is 28.4 Å². The van der Waals surface area contributed by atoms with Crippen LogP contribution in [0.25, 0.3) is 0 Å². The van der Waals surface area contributed by atoms with E-state index < -0.39 is 96.4 Å². The van der Waals surface area contributed by atoms with Crippen molar-refractivity contribution in [1.29, 1.82) is 0 Å². The molecule has 0 heterocycles. The molecule has 8 fully saturated rings. The SMILES string of the molecule is CCC(C)(C)C(=O)OCCOC(=O)C(F)(F)CC(F)(F)OC(=O)C12CC3CC(CC(C3)C1)C2.CCC(C)C(=O)OCCOC(=O)C(F)(F)C(=O)OC12CC3CC(CC(C3)C1)C2. The first-order valence-electron chi connectivity index (χ1n) is 21.6. The third kappa shape index (κ3) is 11.7. The minimum Gasteiger partial charge on any atom is -0.462 e. The van der Waals surface area contributed by atoms with Gasteiger partial charge in [0.15, 0.2) is 0 Å². The van der Waals surface area contributed by atoms with Crippen LogP contribution >= 0.6 is 0 Å². The first kappa shape index (κ1) is 48.4. The fourth-order valence-electron chi connectivity index (χ4n) is 10.9. The maximum atomic E-state index is 14.3. The molecule has 8 aliphatic rings. The second kappa shape index (κ2) is 18.6. The lowest BCUT2D eigenvalue weighted by atomic mass is 9.49. The van der Waals surface area contributed by atoms with Crippen molar-refractivity contribution in [3.63, 3.8) is 0 Å². The molecule has 0 aliphatic heterocycles. The highest BCUT2D eigenvalue weighted by molar-refractivity contribution is 6.01. The molecule has 8 rings (SSSR count). The van der Waals surface area contributed by atoms with E-state index >= 15 is 0 Å². The highest BCUT2D eigenvalue weighted by Crippen LogP contribution is 2.61. The van der Waals surface area contributed by atoms with E-state index in [-0.39, 0.29) is 30.3 Å². The summed E-state index contributed by atoms with van der Waals surface area (Å²) in [6.07, 6.45) is 3.48. The zero-order valence-corrected chi connectivity index (χ0v) is 35.6. The van der Waals surface area contributed by atoms with Crippen LogP contribution in [0.4, 0.5) is 26.3 Å². The van der Waals surface area contributed by atoms with Crippen molar-refractivity contribution in [2.45, 2.75) is 154 Å². The molecule has 0 N–H and O–H groups in total. The van der Waals surface area contributed by atoms with Crippen LogP contribution in [0.1, 0.15) is 131 Å². The number of ether oxygens (including phenoxy) is 6. The third-order valence-corrected chi connectivity index (χ3v) is 13.8. The molecule has 18 heteroatoms. The number of esters is 6. The summed E-state index contributed by atoms with van der Waals surface area (Å²) in [4.78, 5) is 71.4. The van der Waals surface area contributed by atoms with Crippen LogP contribution in [0.5, 0.6) is 0 Å². The lowest BCUT2D eigenvalue weighted by molar-refractivity contribution is -0.271. The number of carbonyl (C=O) groups is 6. The van der Waals surface area contributed by atoms with E-state index in [4.69, 9.17) is 14.2 Å². The maximum Gasteiger partial charge on any atom is 0.437 e. The molecule has 0 aromatic heterocycles. The molecule has 0 aromatic carbocycles. The van der Waals surface area contributed by atoms with Crippen LogP contribution in [0.3, 0.4) is 0 Å². The van der Waals surface area contributed by atoms with E-state index in [1.807, 2.05) is 6.92 Å². The van der Waals surface area contributed by atoms with Gasteiger partial charge in [0.1, 0.15) is 38.4 Å². The molecule has 0 radical (unpaired) electrons. The van der Waals surface area contributed by atoms with Gasteiger partial charge in [-0.25, -0.2) is 14.4 Å². The standard InChI is InChI=1S/C23H32F4O6.C20H28F2O6/c1-4-20(2,3)17(28)31-5-6-32-19(30)22(24,25)13-23(26,27)33-18(29)21-10-14-7-15(11-21)9-16(8-14)12-21;1-3-12(2)16(23)26-4-5-27-17(24)20(21,22)18(25)28-19-9-13-6-14(10-19)8-15(7-13)11-19/h14-16H,4-13H2,1-3H3;12-15H,3-11H2,1-2H3. The molecule has 8 saturated carbocycles. The summed E-state index contributed by atoms with van der Waals surface area (Å²) in [6.45, 7) is 6.42. The lowest BCUT2D eigenvalue weighted by Crippen LogP contribution is -2.55. The molecule has 8 aliphatic carbocycles. The molecule has 0 aromatic rings. The molecule has 0 saturated heterocycles. The zero-order valence-electron chi connectivity index (χ0n) is 35.6. The molecule has 1 atom stereocenters. The van der Waals surface area contributed by atoms with E-state index in [2.05, 4.69) is 14.2 Å². The van der Waals surface area contributed by atoms with Gasteiger partial charge in [-0.1, -0.05) is 20.8 Å². The highest BCUT2D eigenvalue weighted by Gasteiger charge is 2.60. The molecular weight excluding hydrogens is 822 g/mol. The summed E-state index contributed by atoms with van der Waals surface area (Å²) >= 11 is 0. The number of rotatable bonds is 18. The van der Waals surface area contributed by atoms with Gasteiger partial charge in [-0.3, -0.25) is 14.4 Å². The van der Waals surface area contributed by atoms with Crippen molar-refractivity contribution < 1.29 is 83.5 Å². The number of hydrogen-bond acceptors (Lipinski definition) is 12. The molecule has 12 nitrogen and oxygen atoms in total. The number of halogens is 6. The fourth-order valence-corrected chi connectivity index (χ4v) is 10.9. The van der Waals surface area contributed by atoms with Gasteiger partial charge in [-0.05, 0) is 139 Å². The van der Waals surface area contributed by atoms with Crippen LogP contribution in [-0.4, -0.2) is 85.8 Å². The monoisotopic (exact) mass is 882 g/mol. The molecule has 346 valence electrons. The molecule has 61 heavy (non-hydrogen) atoms. The van der Waals surface area contributed by atoms with Gasteiger partial charge in [0.2, 0.25) is 0 Å². The third-order valence-electron chi connectivity index (χ3n) is 13.8. The van der Waals surface area contributed by atoms with Crippen molar-refractivity contribution >= 4 is 35.8 Å². The maximum absolute atomic E-state index is 14.3. The van der Waals surface area contributed by atoms with Crippen molar-refractivity contribution in [3.8, 4) is 0 Å². The van der Waals surface area contributed by atoms with Gasteiger partial charge in [0, 0.05) is 0 Å². The second-order valence-corrected chi connectivity index (χ2v) is 19.3. The fraction of sp³-hybridized carbons (Fsp3) is 0.860. The van der Waals surface area contributed by atoms with Crippen molar-refractivity contribution in [3.05, 3.63) is 0 Å². The van der Waals surface area contributed by atoms with E-state index in [9.17, 15) is 55.1 Å². The Morgan fingerprint density at radius 2 is 1.00 bits per heavy atom. The minimum absolute atomic E-state index is 0.283. The Bertz CT molecular complexity index is 1580. The Balaban J connectivity index is 0.000000234. The predicted molar refractivity (Wildman–Crippen MR) is 201 cm³/mol. The van der Waals surface area contributed by atoms with Crippen LogP contribution < -0.4 is 0 Å². The second-order valence-electron chi connectivity index (χ2n) is 19.3. The Morgan fingerprint density at radius 3 is 1.44 bits per heavy atom. The van der Waals surface area contributed by atoms with Gasteiger partial charge >= 0.3 is 53.8 Å². The quantitative estimate of drug-likeness (QED) is 0.0429. The average molecular weight is 883 g/mol. The lowest BCUT2D eigenvalue weighted by Gasteiger charge is -2.55. The molecule has 8 bridgehead atoms. The summed E-state index contributed by atoms with van der Waals surface area (Å²) in [6, 6.07) is 0. The van der Waals surface area contributed by atoms with Gasteiger partial charge in [-0.15, -0.1) is 0 Å². The molecule has 0 amide bonds. The topological polar surface area (TPSA) is 158 Å². The van der Waals surface area contributed by atoms with Crippen LogP contribution in [0.2, 0.25) is 0 Å². The summed E-state index contributed by atoms with van der Waals surface area (Å²) in [5, 5.41) is 0. The normalized spacial score (nSPS) is 30.3. The van der Waals surface area contributed by atoms with E-state index in [0.717, 1.165) is 38.5 Å². The van der Waals surface area contributed by atoms with Gasteiger partial charge in [0.25, 0.3) is 0 Å². The largest absolute Gasteiger partial charge is 0.462 e. The van der Waals surface area contributed by atoms with Crippen LogP contribution in [0.15, 0.2) is 0 Å². The summed E-state index contributed by atoms with van der Waals surface area (Å²) in [7, 11) is 0. The number of hydrogen-bond donors (Lipinski definition) is 0. The first-order valence-corrected chi connectivity index (χ1v) is 21.6. The number of carbonyl (C=O) groups excluding carboxylic acids is 6. The summed E-state index contributed by atoms with van der Waals surface area (Å²) < 4.78 is 113. The summed E-state index contributed by atoms with van der Waals surface area (Å²) in [5.41, 5.74) is -2.69. The van der Waals surface area contributed by atoms with Gasteiger partial charge in [0.05, 0.1) is 16.7 Å². The first-order chi connectivity index (χ1) is 28.3. The predicted octanol–water partition coefficient (Wildman–Crippen LogP) is 8.15. The smallest absolute Gasteiger partial charge is 0.437 e. The summed E-state index contributed by atoms with van der Waals surface area (Å²) in [5.74, 6) is -15.4. The van der Waals surface area contributed by atoms with E-state index in [1.165, 1.54) is 0 Å². The van der Waals surface area contributed by atoms with Crippen molar-refractivity contribution in [2.24, 2.45) is 52.3 Å². The van der Waals surface area contributed by atoms with Crippen LogP contribution in [-0.2, 0) is 57.2 Å². The number of alkyl halides is 6. The zero-order chi connectivity index (χ0) is 45.2. The van der Waals surface area contributed by atoms with Crippen molar-refractivity contribution in [2.75, 3.05) is 26.4 Å². The van der Waals surface area contributed by atoms with E-state index in [1.54, 1.807) is 27.7 Å². The van der Waals surface area contributed by atoms with E-state index in [0.29, 0.717) is 69.1 Å². The Labute approximate surface area is 352 Å². The Morgan fingerprint density at radius 1 is 0.590 bits per heavy atom. The Kier molecular flexibility index (Phi) is 14.8.